The molecule has 0 unspecified atom stereocenters. The van der Waals surface area contributed by atoms with Gasteiger partial charge in [0, 0.05) is 6.08 Å². The molecule has 0 bridgehead atoms. The van der Waals surface area contributed by atoms with Gasteiger partial charge in [0.25, 0.3) is 0 Å². The van der Waals surface area contributed by atoms with Gasteiger partial charge in [-0.2, -0.15) is 0 Å². The highest BCUT2D eigenvalue weighted by atomic mass is 16.6. The van der Waals surface area contributed by atoms with Gasteiger partial charge in [-0.25, -0.2) is 9.59 Å². The SMILES string of the molecule is COC(=O)/C=C/[C@H]1COC(=O)N1CC=O. The molecular formula is C9H11NO5. The third-order valence-corrected chi connectivity index (χ3v) is 1.94. The molecule has 1 amide bonds. The van der Waals surface area contributed by atoms with Crippen molar-refractivity contribution in [1.29, 1.82) is 0 Å². The first-order valence-corrected chi connectivity index (χ1v) is 4.32. The highest BCUT2D eigenvalue weighted by molar-refractivity contribution is 5.82. The van der Waals surface area contributed by atoms with Crippen LogP contribution in [0.25, 0.3) is 0 Å². The van der Waals surface area contributed by atoms with Crippen molar-refractivity contribution in [1.82, 2.24) is 4.90 Å². The largest absolute Gasteiger partial charge is 0.466 e. The van der Waals surface area contributed by atoms with Crippen molar-refractivity contribution in [3.8, 4) is 0 Å². The summed E-state index contributed by atoms with van der Waals surface area (Å²) in [5, 5.41) is 0. The highest BCUT2D eigenvalue weighted by Gasteiger charge is 2.30. The molecule has 1 aliphatic rings. The lowest BCUT2D eigenvalue weighted by Gasteiger charge is -2.14. The summed E-state index contributed by atoms with van der Waals surface area (Å²) in [4.78, 5) is 33.4. The summed E-state index contributed by atoms with van der Waals surface area (Å²) >= 11 is 0. The number of nitrogens with zero attached hydrogens (tertiary/aromatic N) is 1. The maximum absolute atomic E-state index is 11.1. The van der Waals surface area contributed by atoms with Crippen molar-refractivity contribution in [2.45, 2.75) is 6.04 Å². The molecule has 1 atom stereocenters. The van der Waals surface area contributed by atoms with Crippen LogP contribution in [0.1, 0.15) is 0 Å². The average Bonchev–Trinajstić information content (AvgIpc) is 2.58. The number of hydrogen-bond acceptors (Lipinski definition) is 5. The fourth-order valence-electron chi connectivity index (χ4n) is 1.17. The zero-order valence-electron chi connectivity index (χ0n) is 8.21. The molecule has 6 nitrogen and oxygen atoms in total. The Morgan fingerprint density at radius 1 is 1.73 bits per heavy atom. The molecule has 1 heterocycles. The van der Waals surface area contributed by atoms with Crippen LogP contribution < -0.4 is 0 Å². The van der Waals surface area contributed by atoms with Crippen LogP contribution in [0.2, 0.25) is 0 Å². The van der Waals surface area contributed by atoms with Crippen LogP contribution in [0.3, 0.4) is 0 Å². The Morgan fingerprint density at radius 3 is 3.07 bits per heavy atom. The minimum Gasteiger partial charge on any atom is -0.466 e. The number of esters is 1. The topological polar surface area (TPSA) is 72.9 Å². The second-order valence-electron chi connectivity index (χ2n) is 2.85. The average molecular weight is 213 g/mol. The van der Waals surface area contributed by atoms with E-state index in [1.807, 2.05) is 0 Å². The lowest BCUT2D eigenvalue weighted by atomic mass is 10.2. The number of cyclic esters (lactones) is 1. The van der Waals surface area contributed by atoms with Gasteiger partial charge in [0.15, 0.2) is 0 Å². The van der Waals surface area contributed by atoms with Crippen LogP contribution in [0.15, 0.2) is 12.2 Å². The Morgan fingerprint density at radius 2 is 2.47 bits per heavy atom. The van der Waals surface area contributed by atoms with E-state index in [9.17, 15) is 14.4 Å². The Balaban J connectivity index is 2.61. The zero-order valence-corrected chi connectivity index (χ0v) is 8.21. The van der Waals surface area contributed by atoms with Crippen molar-refractivity contribution in [3.05, 3.63) is 12.2 Å². The fraction of sp³-hybridized carbons (Fsp3) is 0.444. The lowest BCUT2D eigenvalue weighted by Crippen LogP contribution is -2.33. The van der Waals surface area contributed by atoms with Gasteiger partial charge in [-0.3, -0.25) is 4.90 Å². The Labute approximate surface area is 86.4 Å². The number of aldehydes is 1. The number of amides is 1. The molecule has 0 N–H and O–H groups in total. The van der Waals surface area contributed by atoms with Crippen LogP contribution in [-0.4, -0.2) is 49.6 Å². The van der Waals surface area contributed by atoms with E-state index in [2.05, 4.69) is 4.74 Å². The van der Waals surface area contributed by atoms with Crippen molar-refractivity contribution in [2.24, 2.45) is 0 Å². The number of methoxy groups -OCH3 is 1. The van der Waals surface area contributed by atoms with Gasteiger partial charge < -0.3 is 14.3 Å². The summed E-state index contributed by atoms with van der Waals surface area (Å²) in [5.74, 6) is -0.514. The van der Waals surface area contributed by atoms with Gasteiger partial charge >= 0.3 is 12.1 Å². The van der Waals surface area contributed by atoms with Crippen LogP contribution in [0.5, 0.6) is 0 Å². The molecule has 0 saturated carbocycles. The van der Waals surface area contributed by atoms with E-state index in [4.69, 9.17) is 4.74 Å². The molecule has 0 spiro atoms. The normalized spacial score (nSPS) is 20.5. The summed E-state index contributed by atoms with van der Waals surface area (Å²) in [6.07, 6.45) is 2.72. The minimum atomic E-state index is -0.554. The summed E-state index contributed by atoms with van der Waals surface area (Å²) in [6, 6.07) is -0.387. The molecule has 0 aromatic carbocycles. The molecule has 0 radical (unpaired) electrons. The van der Waals surface area contributed by atoms with Crippen molar-refractivity contribution >= 4 is 18.3 Å². The predicted octanol–water partition coefficient (Wildman–Crippen LogP) is -0.265. The first-order valence-electron chi connectivity index (χ1n) is 4.32. The Hall–Kier alpha value is -1.85. The molecule has 0 aliphatic carbocycles. The van der Waals surface area contributed by atoms with Crippen molar-refractivity contribution in [2.75, 3.05) is 20.3 Å². The molecule has 1 fully saturated rings. The second kappa shape index (κ2) is 5.14. The van der Waals surface area contributed by atoms with Crippen molar-refractivity contribution < 1.29 is 23.9 Å². The number of carbonyl (C=O) groups excluding carboxylic acids is 3. The predicted molar refractivity (Wildman–Crippen MR) is 49.1 cm³/mol. The third kappa shape index (κ3) is 2.80. The van der Waals surface area contributed by atoms with E-state index in [1.54, 1.807) is 0 Å². The van der Waals surface area contributed by atoms with Gasteiger partial charge in [-0.1, -0.05) is 6.08 Å². The molecule has 82 valence electrons. The van der Waals surface area contributed by atoms with E-state index < -0.39 is 12.1 Å². The van der Waals surface area contributed by atoms with Crippen LogP contribution in [0.4, 0.5) is 4.79 Å². The number of carbonyl (C=O) groups is 3. The van der Waals surface area contributed by atoms with Gasteiger partial charge in [-0.15, -0.1) is 0 Å². The number of hydrogen-bond donors (Lipinski definition) is 0. The van der Waals surface area contributed by atoms with Crippen LogP contribution >= 0.6 is 0 Å². The van der Waals surface area contributed by atoms with E-state index in [1.165, 1.54) is 24.2 Å². The van der Waals surface area contributed by atoms with E-state index >= 15 is 0 Å². The molecule has 1 saturated heterocycles. The zero-order chi connectivity index (χ0) is 11.3. The van der Waals surface area contributed by atoms with Crippen LogP contribution in [-0.2, 0) is 19.1 Å². The number of rotatable bonds is 4. The first-order chi connectivity index (χ1) is 7.19. The highest BCUT2D eigenvalue weighted by Crippen LogP contribution is 2.12. The first kappa shape index (κ1) is 11.2. The molecule has 0 aromatic heterocycles. The van der Waals surface area contributed by atoms with Gasteiger partial charge in [-0.05, 0) is 0 Å². The molecule has 0 aromatic rings. The maximum atomic E-state index is 11.1. The summed E-state index contributed by atoms with van der Waals surface area (Å²) in [5.41, 5.74) is 0. The molecule has 1 rings (SSSR count). The smallest absolute Gasteiger partial charge is 0.410 e. The summed E-state index contributed by atoms with van der Waals surface area (Å²) in [7, 11) is 1.26. The monoisotopic (exact) mass is 213 g/mol. The second-order valence-corrected chi connectivity index (χ2v) is 2.85. The van der Waals surface area contributed by atoms with Gasteiger partial charge in [0.1, 0.15) is 12.9 Å². The number of ether oxygens (including phenoxy) is 2. The Bertz CT molecular complexity index is 299. The summed E-state index contributed by atoms with van der Waals surface area (Å²) < 4.78 is 9.11. The fourth-order valence-corrected chi connectivity index (χ4v) is 1.17. The maximum Gasteiger partial charge on any atom is 0.410 e. The summed E-state index contributed by atoms with van der Waals surface area (Å²) in [6.45, 7) is 0.0924. The van der Waals surface area contributed by atoms with E-state index in [0.717, 1.165) is 0 Å². The molecule has 6 heteroatoms. The quantitative estimate of drug-likeness (QED) is 0.365. The standard InChI is InChI=1S/C9H11NO5/c1-14-8(12)3-2-7-6-15-9(13)10(7)4-5-11/h2-3,5,7H,4,6H2,1H3/b3-2+/t7-/m0/s1. The minimum absolute atomic E-state index is 0.0466. The van der Waals surface area contributed by atoms with Crippen LogP contribution in [0, 0.1) is 0 Å². The van der Waals surface area contributed by atoms with E-state index in [-0.39, 0.29) is 19.2 Å². The molecular weight excluding hydrogens is 202 g/mol. The van der Waals surface area contributed by atoms with Crippen molar-refractivity contribution in [3.63, 3.8) is 0 Å². The van der Waals surface area contributed by atoms with Gasteiger partial charge in [0.2, 0.25) is 0 Å². The van der Waals surface area contributed by atoms with E-state index in [0.29, 0.717) is 6.29 Å². The van der Waals surface area contributed by atoms with Gasteiger partial charge in [0.05, 0.1) is 19.7 Å². The Kier molecular flexibility index (Phi) is 3.84. The lowest BCUT2D eigenvalue weighted by molar-refractivity contribution is -0.134. The molecule has 15 heavy (non-hydrogen) atoms. The third-order valence-electron chi connectivity index (χ3n) is 1.94. The molecule has 1 aliphatic heterocycles.